The summed E-state index contributed by atoms with van der Waals surface area (Å²) in [6.07, 6.45) is 1.72. The first-order chi connectivity index (χ1) is 11.6. The largest absolute Gasteiger partial charge is 0.539 e. The van der Waals surface area contributed by atoms with Gasteiger partial charge in [0.25, 0.3) is 0 Å². The van der Waals surface area contributed by atoms with Crippen LogP contribution in [0.1, 0.15) is 38.9 Å². The zero-order chi connectivity index (χ0) is 19.4. The van der Waals surface area contributed by atoms with E-state index in [0.29, 0.717) is 6.42 Å². The lowest BCUT2D eigenvalue weighted by Gasteiger charge is -2.18. The minimum absolute atomic E-state index is 0.0845. The smallest absolute Gasteiger partial charge is 0.351 e. The van der Waals surface area contributed by atoms with Crippen molar-refractivity contribution in [3.63, 3.8) is 0 Å². The average Bonchev–Trinajstić information content (AvgIpc) is 2.54. The molecule has 0 heterocycles. The molecule has 140 valence electrons. The lowest BCUT2D eigenvalue weighted by Crippen LogP contribution is -2.90. The highest BCUT2D eigenvalue weighted by molar-refractivity contribution is 6.26. The topological polar surface area (TPSA) is 134 Å². The van der Waals surface area contributed by atoms with Crippen molar-refractivity contribution < 1.29 is 35.3 Å². The van der Waals surface area contributed by atoms with E-state index < -0.39 is 18.0 Å². The molecule has 0 radical (unpaired) electrons. The van der Waals surface area contributed by atoms with Gasteiger partial charge in [0.05, 0.1) is 12.6 Å². The van der Waals surface area contributed by atoms with Gasteiger partial charge in [0.1, 0.15) is 12.1 Å². The molecule has 1 aromatic rings. The predicted octanol–water partition coefficient (Wildman–Crippen LogP) is -0.790. The molecule has 1 rings (SSSR count). The van der Waals surface area contributed by atoms with Crippen molar-refractivity contribution in [2.24, 2.45) is 0 Å². The monoisotopic (exact) mass is 353 g/mol. The van der Waals surface area contributed by atoms with Crippen LogP contribution in [0.3, 0.4) is 0 Å². The number of rotatable bonds is 7. The van der Waals surface area contributed by atoms with Crippen LogP contribution in [0, 0.1) is 0 Å². The average molecular weight is 353 g/mol. The molecule has 7 heteroatoms. The molecular formula is C18H27NO6. The van der Waals surface area contributed by atoms with E-state index in [9.17, 15) is 10.2 Å². The first kappa shape index (κ1) is 22.8. The third-order valence-corrected chi connectivity index (χ3v) is 3.34. The summed E-state index contributed by atoms with van der Waals surface area (Å²) in [6, 6.07) is 9.77. The molecule has 0 bridgehead atoms. The quantitative estimate of drug-likeness (QED) is 0.375. The van der Waals surface area contributed by atoms with Gasteiger partial charge in [-0.1, -0.05) is 42.0 Å². The van der Waals surface area contributed by atoms with Crippen LogP contribution >= 0.6 is 0 Å². The van der Waals surface area contributed by atoms with E-state index in [2.05, 4.69) is 5.32 Å². The van der Waals surface area contributed by atoms with E-state index >= 15 is 0 Å². The zero-order valence-electron chi connectivity index (χ0n) is 14.8. The normalized spacial score (nSPS) is 13.6. The SMILES string of the molecule is CC(C)=CC(O)CC[NH2+]C(C)C(O)c1ccccc1.O=C([O-])C(=O)O. The molecule has 0 saturated heterocycles. The molecular weight excluding hydrogens is 326 g/mol. The second kappa shape index (κ2) is 12.2. The van der Waals surface area contributed by atoms with Gasteiger partial charge in [-0.05, 0) is 26.3 Å². The summed E-state index contributed by atoms with van der Waals surface area (Å²) < 4.78 is 0. The number of hydrogen-bond acceptors (Lipinski definition) is 5. The Morgan fingerprint density at radius 1 is 1.20 bits per heavy atom. The fourth-order valence-electron chi connectivity index (χ4n) is 2.08. The van der Waals surface area contributed by atoms with Gasteiger partial charge in [-0.3, -0.25) is 0 Å². The van der Waals surface area contributed by atoms with Gasteiger partial charge in [-0.2, -0.15) is 0 Å². The third kappa shape index (κ3) is 11.0. The maximum Gasteiger partial charge on any atom is 0.351 e. The van der Waals surface area contributed by atoms with E-state index in [4.69, 9.17) is 19.8 Å². The maximum atomic E-state index is 10.2. The minimum Gasteiger partial charge on any atom is -0.539 e. The van der Waals surface area contributed by atoms with Gasteiger partial charge >= 0.3 is 5.97 Å². The van der Waals surface area contributed by atoms with E-state index in [0.717, 1.165) is 17.7 Å². The second-order valence-electron chi connectivity index (χ2n) is 5.93. The van der Waals surface area contributed by atoms with Crippen LogP contribution in [0.5, 0.6) is 0 Å². The maximum absolute atomic E-state index is 10.2. The Hall–Kier alpha value is -2.22. The molecule has 0 aliphatic carbocycles. The van der Waals surface area contributed by atoms with Gasteiger partial charge in [-0.25, -0.2) is 4.79 Å². The van der Waals surface area contributed by atoms with Crippen molar-refractivity contribution in [1.29, 1.82) is 0 Å². The van der Waals surface area contributed by atoms with Crippen molar-refractivity contribution in [2.45, 2.75) is 45.4 Å². The summed E-state index contributed by atoms with van der Waals surface area (Å²) in [7, 11) is 0. The fourth-order valence-corrected chi connectivity index (χ4v) is 2.08. The first-order valence-electron chi connectivity index (χ1n) is 7.98. The number of carbonyl (C=O) groups is 2. The Kier molecular flexibility index (Phi) is 11.1. The highest BCUT2D eigenvalue weighted by Gasteiger charge is 2.18. The lowest BCUT2D eigenvalue weighted by atomic mass is 10.0. The van der Waals surface area contributed by atoms with E-state index in [-0.39, 0.29) is 12.1 Å². The molecule has 0 aliphatic heterocycles. The number of aliphatic hydroxyl groups is 2. The fraction of sp³-hybridized carbons (Fsp3) is 0.444. The van der Waals surface area contributed by atoms with Crippen molar-refractivity contribution in [1.82, 2.24) is 0 Å². The second-order valence-corrected chi connectivity index (χ2v) is 5.93. The van der Waals surface area contributed by atoms with Gasteiger partial charge in [0.15, 0.2) is 5.97 Å². The molecule has 0 aliphatic rings. The summed E-state index contributed by atoms with van der Waals surface area (Å²) >= 11 is 0. The van der Waals surface area contributed by atoms with Gasteiger partial charge in [0, 0.05) is 6.42 Å². The number of aliphatic carboxylic acids is 2. The molecule has 7 nitrogen and oxygen atoms in total. The van der Waals surface area contributed by atoms with Gasteiger partial charge in [0.2, 0.25) is 0 Å². The van der Waals surface area contributed by atoms with Gasteiger partial charge < -0.3 is 30.5 Å². The number of benzene rings is 1. The standard InChI is InChI=1S/C16H25NO2.C2H2O4/c1-12(2)11-15(18)9-10-17-13(3)16(19)14-7-5-4-6-8-14;3-1(4)2(5)6/h4-8,11,13,15-19H,9-10H2,1-3H3;(H,3,4)(H,5,6). The van der Waals surface area contributed by atoms with E-state index in [1.807, 2.05) is 57.2 Å². The van der Waals surface area contributed by atoms with Crippen molar-refractivity contribution in [3.8, 4) is 0 Å². The number of aliphatic hydroxyl groups excluding tert-OH is 2. The summed E-state index contributed by atoms with van der Waals surface area (Å²) in [4.78, 5) is 18.0. The van der Waals surface area contributed by atoms with Crippen LogP contribution in [0.15, 0.2) is 42.0 Å². The lowest BCUT2D eigenvalue weighted by molar-refractivity contribution is -0.695. The molecule has 0 fully saturated rings. The molecule has 3 atom stereocenters. The number of quaternary nitrogens is 1. The Balaban J connectivity index is 0.000000823. The van der Waals surface area contributed by atoms with Crippen molar-refractivity contribution in [3.05, 3.63) is 47.5 Å². The number of nitrogens with two attached hydrogens (primary N) is 1. The van der Waals surface area contributed by atoms with Crippen molar-refractivity contribution in [2.75, 3.05) is 6.54 Å². The molecule has 3 unspecified atom stereocenters. The van der Waals surface area contributed by atoms with Crippen LogP contribution in [0.4, 0.5) is 0 Å². The van der Waals surface area contributed by atoms with Crippen LogP contribution < -0.4 is 10.4 Å². The molecule has 5 N–H and O–H groups in total. The Morgan fingerprint density at radius 3 is 2.16 bits per heavy atom. The molecule has 1 aromatic carbocycles. The van der Waals surface area contributed by atoms with E-state index in [1.54, 1.807) is 0 Å². The number of carboxylic acids is 2. The number of hydrogen-bond donors (Lipinski definition) is 4. The highest BCUT2D eigenvalue weighted by Crippen LogP contribution is 2.13. The molecule has 25 heavy (non-hydrogen) atoms. The molecule has 0 aromatic heterocycles. The zero-order valence-corrected chi connectivity index (χ0v) is 14.8. The summed E-state index contributed by atoms with van der Waals surface area (Å²) in [6.45, 7) is 6.77. The van der Waals surface area contributed by atoms with Crippen LogP contribution in [0.25, 0.3) is 0 Å². The minimum atomic E-state index is -2.07. The van der Waals surface area contributed by atoms with Gasteiger partial charge in [-0.15, -0.1) is 0 Å². The van der Waals surface area contributed by atoms with E-state index in [1.165, 1.54) is 0 Å². The third-order valence-electron chi connectivity index (χ3n) is 3.34. The van der Waals surface area contributed by atoms with Crippen LogP contribution in [-0.4, -0.2) is 45.9 Å². The number of carbonyl (C=O) groups excluding carboxylic acids is 1. The van der Waals surface area contributed by atoms with Crippen LogP contribution in [0.2, 0.25) is 0 Å². The summed E-state index contributed by atoms with van der Waals surface area (Å²) in [5, 5.41) is 38.3. The molecule has 0 saturated carbocycles. The number of carboxylic acid groups (broad SMARTS) is 2. The highest BCUT2D eigenvalue weighted by atomic mass is 16.4. The predicted molar refractivity (Wildman–Crippen MR) is 90.4 cm³/mol. The summed E-state index contributed by atoms with van der Waals surface area (Å²) in [5.41, 5.74) is 2.07. The molecule has 0 amide bonds. The Labute approximate surface area is 147 Å². The first-order valence-corrected chi connectivity index (χ1v) is 7.98. The Bertz CT molecular complexity index is 542. The number of allylic oxidation sites excluding steroid dienone is 1. The van der Waals surface area contributed by atoms with Crippen molar-refractivity contribution >= 4 is 11.9 Å². The van der Waals surface area contributed by atoms with Crippen LogP contribution in [-0.2, 0) is 9.59 Å². The Morgan fingerprint density at radius 2 is 1.72 bits per heavy atom. The molecule has 0 spiro atoms. The summed E-state index contributed by atoms with van der Waals surface area (Å²) in [5.74, 6) is -4.01.